The summed E-state index contributed by atoms with van der Waals surface area (Å²) < 4.78 is 40.8. The van der Waals surface area contributed by atoms with Crippen LogP contribution in [-0.4, -0.2) is 50.2 Å². The van der Waals surface area contributed by atoms with Crippen LogP contribution in [0.3, 0.4) is 0 Å². The quantitative estimate of drug-likeness (QED) is 0.777. The van der Waals surface area contributed by atoms with E-state index < -0.39 is 11.7 Å². The highest BCUT2D eigenvalue weighted by Crippen LogP contribution is 2.38. The third-order valence-corrected chi connectivity index (χ3v) is 5.11. The molecule has 3 rings (SSSR count). The summed E-state index contributed by atoms with van der Waals surface area (Å²) in [6, 6.07) is 7.36. The molecule has 2 aromatic rings. The van der Waals surface area contributed by atoms with Crippen LogP contribution in [0.15, 0.2) is 30.5 Å². The van der Waals surface area contributed by atoms with Gasteiger partial charge in [-0.15, -0.1) is 0 Å². The van der Waals surface area contributed by atoms with Gasteiger partial charge < -0.3 is 14.7 Å². The normalized spacial score (nSPS) is 17.0. The van der Waals surface area contributed by atoms with Gasteiger partial charge in [-0.2, -0.15) is 23.4 Å². The molecule has 6 nitrogen and oxygen atoms in total. The number of hydrogen-bond donors (Lipinski definition) is 0. The van der Waals surface area contributed by atoms with Gasteiger partial charge in [-0.25, -0.2) is 4.98 Å². The second-order valence-electron chi connectivity index (χ2n) is 7.30. The third kappa shape index (κ3) is 4.53. The molecule has 29 heavy (non-hydrogen) atoms. The topological polar surface area (TPSA) is 59.3 Å². The molecule has 0 bridgehead atoms. The summed E-state index contributed by atoms with van der Waals surface area (Å²) in [6.45, 7) is 0.971. The molecular weight excluding hydrogens is 381 g/mol. The second kappa shape index (κ2) is 8.15. The molecule has 9 heteroatoms. The number of rotatable bonds is 4. The number of piperidine rings is 1. The van der Waals surface area contributed by atoms with Crippen molar-refractivity contribution in [1.29, 1.82) is 5.26 Å². The molecule has 0 amide bonds. The Morgan fingerprint density at radius 3 is 2.62 bits per heavy atom. The summed E-state index contributed by atoms with van der Waals surface area (Å²) in [5.74, 6) is 1.31. The van der Waals surface area contributed by atoms with Gasteiger partial charge in [0.1, 0.15) is 5.82 Å². The largest absolute Gasteiger partial charge is 0.418 e. The smallest absolute Gasteiger partial charge is 0.369 e. The van der Waals surface area contributed by atoms with Crippen LogP contribution in [0.4, 0.5) is 30.6 Å². The fraction of sp³-hybridized carbons (Fsp3) is 0.450. The van der Waals surface area contributed by atoms with E-state index in [1.165, 1.54) is 12.1 Å². The van der Waals surface area contributed by atoms with Crippen LogP contribution in [-0.2, 0) is 6.18 Å². The molecule has 1 aromatic heterocycles. The van der Waals surface area contributed by atoms with E-state index in [-0.39, 0.29) is 17.3 Å². The van der Waals surface area contributed by atoms with E-state index >= 15 is 0 Å². The minimum Gasteiger partial charge on any atom is -0.369 e. The van der Waals surface area contributed by atoms with Crippen LogP contribution in [0.1, 0.15) is 24.0 Å². The molecular formula is C20H23F3N6. The van der Waals surface area contributed by atoms with Crippen LogP contribution in [0, 0.1) is 11.3 Å². The van der Waals surface area contributed by atoms with E-state index in [0.29, 0.717) is 19.0 Å². The van der Waals surface area contributed by atoms with Gasteiger partial charge >= 0.3 is 6.18 Å². The molecule has 0 N–H and O–H groups in total. The minimum atomic E-state index is -4.52. The molecule has 1 saturated heterocycles. The van der Waals surface area contributed by atoms with Crippen molar-refractivity contribution in [2.45, 2.75) is 25.1 Å². The van der Waals surface area contributed by atoms with Crippen molar-refractivity contribution < 1.29 is 13.2 Å². The first-order valence-electron chi connectivity index (χ1n) is 9.30. The molecule has 0 spiro atoms. The van der Waals surface area contributed by atoms with Gasteiger partial charge in [-0.3, -0.25) is 0 Å². The van der Waals surface area contributed by atoms with Gasteiger partial charge in [0, 0.05) is 52.2 Å². The molecule has 2 heterocycles. The van der Waals surface area contributed by atoms with Gasteiger partial charge in [0.25, 0.3) is 0 Å². The number of aromatic nitrogens is 2. The van der Waals surface area contributed by atoms with Crippen LogP contribution < -0.4 is 14.7 Å². The number of likely N-dealkylation sites (N-methyl/N-ethyl adjacent to an activating group) is 1. The van der Waals surface area contributed by atoms with E-state index in [1.807, 2.05) is 26.0 Å². The van der Waals surface area contributed by atoms with Crippen molar-refractivity contribution >= 4 is 17.5 Å². The Morgan fingerprint density at radius 1 is 1.21 bits per heavy atom. The van der Waals surface area contributed by atoms with Crippen LogP contribution in [0.2, 0.25) is 0 Å². The third-order valence-electron chi connectivity index (χ3n) is 5.11. The van der Waals surface area contributed by atoms with E-state index in [4.69, 9.17) is 5.26 Å². The summed E-state index contributed by atoms with van der Waals surface area (Å²) in [5.41, 5.74) is -0.646. The van der Waals surface area contributed by atoms with Gasteiger partial charge in [0.15, 0.2) is 0 Å². The maximum Gasteiger partial charge on any atom is 0.418 e. The Morgan fingerprint density at radius 2 is 1.97 bits per heavy atom. The Balaban J connectivity index is 1.86. The maximum absolute atomic E-state index is 13.6. The standard InChI is InChI=1S/C20H23F3N6/c1-27(2)19-25-9-8-18(26-19)28(3)15-5-4-10-29(13-15)17-7-6-14(12-24)11-16(17)20(21,22)23/h6-9,11,15H,4-5,10,13H2,1-3H3. The predicted molar refractivity (Wildman–Crippen MR) is 106 cm³/mol. The summed E-state index contributed by atoms with van der Waals surface area (Å²) >= 11 is 0. The average Bonchev–Trinajstić information content (AvgIpc) is 2.72. The van der Waals surface area contributed by atoms with E-state index in [0.717, 1.165) is 24.7 Å². The van der Waals surface area contributed by atoms with Crippen LogP contribution in [0.25, 0.3) is 0 Å². The highest BCUT2D eigenvalue weighted by Gasteiger charge is 2.36. The van der Waals surface area contributed by atoms with Crippen molar-refractivity contribution in [3.63, 3.8) is 0 Å². The first kappa shape index (κ1) is 20.7. The van der Waals surface area contributed by atoms with Crippen LogP contribution >= 0.6 is 0 Å². The number of hydrogen-bond acceptors (Lipinski definition) is 6. The zero-order valence-electron chi connectivity index (χ0n) is 16.6. The lowest BCUT2D eigenvalue weighted by molar-refractivity contribution is -0.137. The number of alkyl halides is 3. The van der Waals surface area contributed by atoms with Crippen molar-refractivity contribution in [1.82, 2.24) is 9.97 Å². The Kier molecular flexibility index (Phi) is 5.82. The number of nitrogens with zero attached hydrogens (tertiary/aromatic N) is 6. The lowest BCUT2D eigenvalue weighted by Gasteiger charge is -2.40. The van der Waals surface area contributed by atoms with Crippen molar-refractivity contribution in [2.24, 2.45) is 0 Å². The fourth-order valence-corrected chi connectivity index (χ4v) is 3.54. The first-order chi connectivity index (χ1) is 13.7. The average molecular weight is 404 g/mol. The molecule has 154 valence electrons. The van der Waals surface area contributed by atoms with Gasteiger partial charge in [0.2, 0.25) is 5.95 Å². The Labute approximate surface area is 168 Å². The molecule has 1 aromatic carbocycles. The van der Waals surface area contributed by atoms with Crippen molar-refractivity contribution in [3.05, 3.63) is 41.6 Å². The molecule has 0 saturated carbocycles. The first-order valence-corrected chi connectivity index (χ1v) is 9.30. The van der Waals surface area contributed by atoms with Gasteiger partial charge in [0.05, 0.1) is 17.2 Å². The number of anilines is 3. The monoisotopic (exact) mass is 404 g/mol. The van der Waals surface area contributed by atoms with Crippen molar-refractivity contribution in [2.75, 3.05) is 48.9 Å². The number of halogens is 3. The summed E-state index contributed by atoms with van der Waals surface area (Å²) in [6.07, 6.45) is -1.23. The summed E-state index contributed by atoms with van der Waals surface area (Å²) in [7, 11) is 5.61. The molecule has 1 atom stereocenters. The van der Waals surface area contributed by atoms with Gasteiger partial charge in [-0.05, 0) is 37.1 Å². The number of nitriles is 1. The highest BCUT2D eigenvalue weighted by atomic mass is 19.4. The Hall–Kier alpha value is -3.02. The molecule has 0 radical (unpaired) electrons. The molecule has 1 fully saturated rings. The number of benzene rings is 1. The molecule has 1 aliphatic heterocycles. The van der Waals surface area contributed by atoms with E-state index in [1.54, 1.807) is 28.1 Å². The summed E-state index contributed by atoms with van der Waals surface area (Å²) in [5, 5.41) is 8.98. The Bertz CT molecular complexity index is 906. The zero-order valence-corrected chi connectivity index (χ0v) is 16.6. The van der Waals surface area contributed by atoms with E-state index in [9.17, 15) is 13.2 Å². The SMILES string of the molecule is CN(C)c1nccc(N(C)C2CCCN(c3ccc(C#N)cc3C(F)(F)F)C2)n1. The van der Waals surface area contributed by atoms with Crippen LogP contribution in [0.5, 0.6) is 0 Å². The maximum atomic E-state index is 13.6. The molecule has 1 unspecified atom stereocenters. The van der Waals surface area contributed by atoms with E-state index in [2.05, 4.69) is 9.97 Å². The molecule has 1 aliphatic rings. The van der Waals surface area contributed by atoms with Gasteiger partial charge in [-0.1, -0.05) is 0 Å². The highest BCUT2D eigenvalue weighted by molar-refractivity contribution is 5.59. The predicted octanol–water partition coefficient (Wildman–Crippen LogP) is 3.54. The summed E-state index contributed by atoms with van der Waals surface area (Å²) in [4.78, 5) is 14.3. The lowest BCUT2D eigenvalue weighted by atomic mass is 10.0. The zero-order chi connectivity index (χ0) is 21.2. The lowest BCUT2D eigenvalue weighted by Crippen LogP contribution is -2.47. The second-order valence-corrected chi connectivity index (χ2v) is 7.30. The fourth-order valence-electron chi connectivity index (χ4n) is 3.54. The van der Waals surface area contributed by atoms with Crippen molar-refractivity contribution in [3.8, 4) is 6.07 Å². The minimum absolute atomic E-state index is 0.00366. The molecule has 0 aliphatic carbocycles.